The van der Waals surface area contributed by atoms with Crippen LogP contribution >= 0.6 is 22.9 Å². The fraction of sp³-hybridized carbons (Fsp3) is 0.421. The lowest BCUT2D eigenvalue weighted by Gasteiger charge is -2.23. The number of amides is 1. The van der Waals surface area contributed by atoms with Crippen molar-refractivity contribution in [1.82, 2.24) is 10.1 Å². The fourth-order valence-corrected chi connectivity index (χ4v) is 4.49. The summed E-state index contributed by atoms with van der Waals surface area (Å²) in [6.07, 6.45) is -3.83. The van der Waals surface area contributed by atoms with Crippen molar-refractivity contribution in [3.63, 3.8) is 0 Å². The molecule has 0 saturated heterocycles. The SMILES string of the molecule is N/C(=N\N(N)CC(F)(F)F)c1ccc(C(C(=O)Nc2ncc(Cl)s2)C2CCC(F)(F)C2)cc1. The second kappa shape index (κ2) is 9.77. The third-order valence-corrected chi connectivity index (χ3v) is 6.08. The molecule has 2 aromatic rings. The second-order valence-corrected chi connectivity index (χ2v) is 9.28. The third-order valence-electron chi connectivity index (χ3n) is 5.05. The van der Waals surface area contributed by atoms with Crippen molar-refractivity contribution in [2.75, 3.05) is 11.9 Å². The lowest BCUT2D eigenvalue weighted by Crippen LogP contribution is -2.37. The van der Waals surface area contributed by atoms with Gasteiger partial charge < -0.3 is 11.1 Å². The number of benzene rings is 1. The number of halogens is 6. The van der Waals surface area contributed by atoms with Gasteiger partial charge in [-0.15, -0.1) is 5.10 Å². The van der Waals surface area contributed by atoms with Gasteiger partial charge in [0, 0.05) is 18.4 Å². The minimum absolute atomic E-state index is 0.147. The molecule has 0 radical (unpaired) electrons. The van der Waals surface area contributed by atoms with Crippen LogP contribution in [-0.2, 0) is 4.79 Å². The molecule has 1 heterocycles. The van der Waals surface area contributed by atoms with Crippen LogP contribution in [0.3, 0.4) is 0 Å². The Morgan fingerprint density at radius 2 is 2.03 bits per heavy atom. The normalized spacial score (nSPS) is 19.4. The smallest absolute Gasteiger partial charge is 0.382 e. The Labute approximate surface area is 194 Å². The lowest BCUT2D eigenvalue weighted by atomic mass is 9.83. The van der Waals surface area contributed by atoms with Crippen LogP contribution in [0.25, 0.3) is 0 Å². The monoisotopic (exact) mass is 510 g/mol. The first-order valence-corrected chi connectivity index (χ1v) is 10.9. The van der Waals surface area contributed by atoms with E-state index in [1.54, 1.807) is 0 Å². The van der Waals surface area contributed by atoms with Crippen LogP contribution < -0.4 is 16.9 Å². The Kier molecular flexibility index (Phi) is 7.44. The van der Waals surface area contributed by atoms with E-state index in [1.165, 1.54) is 30.5 Å². The zero-order valence-corrected chi connectivity index (χ0v) is 18.5. The molecular formula is C19H20ClF5N6OS. The Hall–Kier alpha value is -2.51. The van der Waals surface area contributed by atoms with Crippen molar-refractivity contribution in [2.45, 2.75) is 37.3 Å². The molecule has 1 saturated carbocycles. The van der Waals surface area contributed by atoms with E-state index < -0.39 is 42.8 Å². The number of alkyl halides is 5. The number of aromatic nitrogens is 1. The van der Waals surface area contributed by atoms with E-state index in [0.717, 1.165) is 11.3 Å². The van der Waals surface area contributed by atoms with Gasteiger partial charge in [0.15, 0.2) is 11.0 Å². The summed E-state index contributed by atoms with van der Waals surface area (Å²) in [5.74, 6) is 0.00480. The number of nitrogens with one attached hydrogen (secondary N) is 1. The van der Waals surface area contributed by atoms with Gasteiger partial charge in [-0.05, 0) is 17.9 Å². The minimum atomic E-state index is -4.56. The van der Waals surface area contributed by atoms with E-state index in [9.17, 15) is 26.7 Å². The average molecular weight is 511 g/mol. The van der Waals surface area contributed by atoms with E-state index in [4.69, 9.17) is 23.2 Å². The minimum Gasteiger partial charge on any atom is -0.382 e. The molecule has 7 nitrogen and oxygen atoms in total. The van der Waals surface area contributed by atoms with Crippen molar-refractivity contribution < 1.29 is 26.7 Å². The maximum absolute atomic E-state index is 13.9. The van der Waals surface area contributed by atoms with Gasteiger partial charge in [-0.1, -0.05) is 47.2 Å². The number of amidine groups is 1. The summed E-state index contributed by atoms with van der Waals surface area (Å²) in [5, 5.41) is 6.50. The first-order valence-electron chi connectivity index (χ1n) is 9.66. The number of hydrogen-bond acceptors (Lipinski definition) is 6. The predicted octanol–water partition coefficient (Wildman–Crippen LogP) is 4.31. The van der Waals surface area contributed by atoms with Crippen molar-refractivity contribution in [3.05, 3.63) is 45.9 Å². The molecule has 1 aromatic heterocycles. The highest BCUT2D eigenvalue weighted by Gasteiger charge is 2.45. The van der Waals surface area contributed by atoms with Crippen LogP contribution in [0.15, 0.2) is 35.6 Å². The fourth-order valence-electron chi connectivity index (χ4n) is 3.68. The molecule has 180 valence electrons. The molecule has 3 rings (SSSR count). The molecule has 0 bridgehead atoms. The van der Waals surface area contributed by atoms with Gasteiger partial charge in [0.25, 0.3) is 0 Å². The number of carbonyl (C=O) groups is 1. The van der Waals surface area contributed by atoms with Gasteiger partial charge in [0.2, 0.25) is 11.8 Å². The van der Waals surface area contributed by atoms with Crippen molar-refractivity contribution in [1.29, 1.82) is 0 Å². The van der Waals surface area contributed by atoms with Gasteiger partial charge in [0.05, 0.1) is 12.1 Å². The number of thiazole rings is 1. The summed E-state index contributed by atoms with van der Waals surface area (Å²) >= 11 is 6.86. The molecule has 0 spiro atoms. The number of hydrogen-bond donors (Lipinski definition) is 3. The number of carbonyl (C=O) groups excluding carboxylic acids is 1. The predicted molar refractivity (Wildman–Crippen MR) is 115 cm³/mol. The Morgan fingerprint density at radius 3 is 2.55 bits per heavy atom. The van der Waals surface area contributed by atoms with Crippen LogP contribution in [0.5, 0.6) is 0 Å². The van der Waals surface area contributed by atoms with Crippen molar-refractivity contribution in [2.24, 2.45) is 22.6 Å². The van der Waals surface area contributed by atoms with Crippen molar-refractivity contribution >= 4 is 39.8 Å². The van der Waals surface area contributed by atoms with E-state index in [1.807, 2.05) is 0 Å². The Balaban J connectivity index is 1.82. The van der Waals surface area contributed by atoms with Gasteiger partial charge in [-0.3, -0.25) is 4.79 Å². The van der Waals surface area contributed by atoms with Crippen molar-refractivity contribution in [3.8, 4) is 0 Å². The summed E-state index contributed by atoms with van der Waals surface area (Å²) in [5.41, 5.74) is 6.41. The number of nitrogens with two attached hydrogens (primary N) is 2. The molecule has 1 fully saturated rings. The maximum Gasteiger partial charge on any atom is 0.409 e. The molecule has 0 aliphatic heterocycles. The summed E-state index contributed by atoms with van der Waals surface area (Å²) < 4.78 is 65.3. The first kappa shape index (κ1) is 25.1. The Bertz CT molecular complexity index is 1010. The van der Waals surface area contributed by atoms with Crippen LogP contribution in [-0.4, -0.2) is 40.5 Å². The summed E-state index contributed by atoms with van der Waals surface area (Å²) in [6, 6.07) is 5.86. The Morgan fingerprint density at radius 1 is 1.36 bits per heavy atom. The molecule has 14 heteroatoms. The second-order valence-electron chi connectivity index (χ2n) is 7.62. The summed E-state index contributed by atoms with van der Waals surface area (Å²) in [4.78, 5) is 17.0. The third kappa shape index (κ3) is 6.98. The van der Waals surface area contributed by atoms with Crippen LogP contribution in [0.2, 0.25) is 4.34 Å². The van der Waals surface area contributed by atoms with Gasteiger partial charge in [0.1, 0.15) is 10.9 Å². The molecule has 5 N–H and O–H groups in total. The number of anilines is 1. The molecular weight excluding hydrogens is 491 g/mol. The van der Waals surface area contributed by atoms with Crippen LogP contribution in [0.1, 0.15) is 36.3 Å². The standard InChI is InChI=1S/C19H20ClF5N6OS/c20-13-8-28-17(33-13)29-16(32)14(12-5-6-18(21,22)7-12)10-1-3-11(4-2-10)15(26)30-31(27)9-19(23,24)25/h1-4,8,12,14H,5-7,9,27H2,(H2,26,30)(H,28,29,32). The number of hydrazone groups is 1. The van der Waals surface area contributed by atoms with Gasteiger partial charge in [-0.25, -0.2) is 24.7 Å². The summed E-state index contributed by atoms with van der Waals surface area (Å²) in [6.45, 7) is -1.50. The zero-order chi connectivity index (χ0) is 24.4. The summed E-state index contributed by atoms with van der Waals surface area (Å²) in [7, 11) is 0. The topological polar surface area (TPSA) is 110 Å². The van der Waals surface area contributed by atoms with E-state index in [-0.39, 0.29) is 34.5 Å². The van der Waals surface area contributed by atoms with E-state index in [0.29, 0.717) is 9.90 Å². The van der Waals surface area contributed by atoms with E-state index in [2.05, 4.69) is 15.4 Å². The van der Waals surface area contributed by atoms with Gasteiger partial charge in [-0.2, -0.15) is 13.2 Å². The largest absolute Gasteiger partial charge is 0.409 e. The molecule has 33 heavy (non-hydrogen) atoms. The average Bonchev–Trinajstić information content (AvgIpc) is 3.25. The highest BCUT2D eigenvalue weighted by molar-refractivity contribution is 7.19. The maximum atomic E-state index is 13.9. The highest BCUT2D eigenvalue weighted by atomic mass is 35.5. The molecule has 1 aliphatic rings. The zero-order valence-electron chi connectivity index (χ0n) is 17.0. The molecule has 1 amide bonds. The lowest BCUT2D eigenvalue weighted by molar-refractivity contribution is -0.146. The highest BCUT2D eigenvalue weighted by Crippen LogP contribution is 2.46. The molecule has 2 unspecified atom stereocenters. The van der Waals surface area contributed by atoms with Crippen LogP contribution in [0.4, 0.5) is 27.1 Å². The van der Waals surface area contributed by atoms with Gasteiger partial charge >= 0.3 is 6.18 Å². The van der Waals surface area contributed by atoms with Crippen LogP contribution in [0, 0.1) is 5.92 Å². The molecule has 2 atom stereocenters. The first-order chi connectivity index (χ1) is 15.3. The molecule has 1 aliphatic carbocycles. The number of nitrogens with zero attached hydrogens (tertiary/aromatic N) is 3. The molecule has 1 aromatic carbocycles. The number of hydrazine groups is 1. The van der Waals surface area contributed by atoms with E-state index >= 15 is 0 Å². The quantitative estimate of drug-likeness (QED) is 0.169. The number of rotatable bonds is 7.